The molecule has 1 atom stereocenters. The predicted octanol–water partition coefficient (Wildman–Crippen LogP) is 8.34. The highest BCUT2D eigenvalue weighted by Gasteiger charge is 2.28. The van der Waals surface area contributed by atoms with E-state index >= 15 is 0 Å². The maximum absolute atomic E-state index is 2.53. The Hall–Kier alpha value is -1.65. The Labute approximate surface area is 178 Å². The second kappa shape index (κ2) is 7.88. The van der Waals surface area contributed by atoms with E-state index in [1.807, 2.05) is 0 Å². The molecule has 0 fully saturated rings. The third-order valence-electron chi connectivity index (χ3n) is 6.60. The quantitative estimate of drug-likeness (QED) is 0.385. The first-order valence-corrected chi connectivity index (χ1v) is 12.9. The molecule has 1 aliphatic heterocycles. The van der Waals surface area contributed by atoms with E-state index in [0.717, 1.165) is 0 Å². The van der Waals surface area contributed by atoms with Crippen LogP contribution in [-0.4, -0.2) is 0 Å². The summed E-state index contributed by atoms with van der Waals surface area (Å²) in [4.78, 5) is 0. The van der Waals surface area contributed by atoms with Gasteiger partial charge in [-0.2, -0.15) is 0 Å². The van der Waals surface area contributed by atoms with Crippen molar-refractivity contribution < 1.29 is 0 Å². The van der Waals surface area contributed by atoms with Gasteiger partial charge in [0.1, 0.15) is 0 Å². The zero-order valence-electron chi connectivity index (χ0n) is 19.1. The van der Waals surface area contributed by atoms with Crippen molar-refractivity contribution in [3.63, 3.8) is 0 Å². The average Bonchev–Trinajstić information content (AvgIpc) is 2.69. The van der Waals surface area contributed by atoms with Gasteiger partial charge < -0.3 is 0 Å². The first-order chi connectivity index (χ1) is 13.8. The summed E-state index contributed by atoms with van der Waals surface area (Å²) in [6.45, 7) is 16.5. The van der Waals surface area contributed by atoms with Crippen molar-refractivity contribution in [2.75, 3.05) is 0 Å². The molecule has 1 unspecified atom stereocenters. The highest BCUT2D eigenvalue weighted by Crippen LogP contribution is 2.52. The lowest BCUT2D eigenvalue weighted by atomic mass is 9.89. The molecule has 1 heterocycles. The van der Waals surface area contributed by atoms with Gasteiger partial charge in [0.25, 0.3) is 0 Å². The zero-order valence-corrected chi connectivity index (χ0v) is 20.0. The average molecular weight is 403 g/mol. The molecule has 29 heavy (non-hydrogen) atoms. The Kier molecular flexibility index (Phi) is 5.60. The molecule has 0 nitrogen and oxygen atoms in total. The van der Waals surface area contributed by atoms with E-state index < -0.39 is 0 Å². The number of benzene rings is 3. The van der Waals surface area contributed by atoms with Gasteiger partial charge in [-0.1, -0.05) is 91.9 Å². The van der Waals surface area contributed by atoms with Gasteiger partial charge >= 0.3 is 0 Å². The molecule has 0 saturated carbocycles. The van der Waals surface area contributed by atoms with Crippen molar-refractivity contribution in [1.29, 1.82) is 0 Å². The molecule has 152 valence electrons. The minimum absolute atomic E-state index is 0.234. The second-order valence-electron chi connectivity index (χ2n) is 9.74. The second-order valence-corrected chi connectivity index (χ2v) is 11.9. The third-order valence-corrected chi connectivity index (χ3v) is 9.17. The molecule has 0 saturated heterocycles. The van der Waals surface area contributed by atoms with Gasteiger partial charge in [0.05, 0.1) is 0 Å². The summed E-state index contributed by atoms with van der Waals surface area (Å²) in [7, 11) is -0.234. The van der Waals surface area contributed by atoms with Gasteiger partial charge in [-0.25, -0.2) is 0 Å². The van der Waals surface area contributed by atoms with Crippen LogP contribution in [0.15, 0.2) is 42.5 Å². The smallest absolute Gasteiger partial charge is 0.00207 e. The van der Waals surface area contributed by atoms with Crippen LogP contribution in [0.25, 0.3) is 10.8 Å². The fourth-order valence-electron chi connectivity index (χ4n) is 4.87. The molecule has 3 aromatic carbocycles. The molecule has 0 bridgehead atoms. The van der Waals surface area contributed by atoms with E-state index in [-0.39, 0.29) is 7.92 Å². The van der Waals surface area contributed by atoms with Crippen LogP contribution in [0.3, 0.4) is 0 Å². The van der Waals surface area contributed by atoms with Gasteiger partial charge in [-0.05, 0) is 86.5 Å². The Morgan fingerprint density at radius 2 is 1.41 bits per heavy atom. The van der Waals surface area contributed by atoms with Crippen LogP contribution in [0, 0.1) is 6.92 Å². The van der Waals surface area contributed by atoms with Crippen LogP contribution >= 0.6 is 7.92 Å². The summed E-state index contributed by atoms with van der Waals surface area (Å²) in [6, 6.07) is 16.6. The molecule has 4 rings (SSSR count). The molecule has 0 radical (unpaired) electrons. The number of rotatable bonds is 4. The Bertz CT molecular complexity index is 1030. The van der Waals surface area contributed by atoms with Crippen LogP contribution < -0.4 is 5.30 Å². The molecular weight excluding hydrogens is 367 g/mol. The van der Waals surface area contributed by atoms with Crippen molar-refractivity contribution >= 4 is 24.0 Å². The molecule has 0 spiro atoms. The van der Waals surface area contributed by atoms with Gasteiger partial charge in [0, 0.05) is 0 Å². The van der Waals surface area contributed by atoms with E-state index in [2.05, 4.69) is 90.9 Å². The summed E-state index contributed by atoms with van der Waals surface area (Å²) in [6.07, 6.45) is 2.46. The first-order valence-electron chi connectivity index (χ1n) is 11.2. The van der Waals surface area contributed by atoms with Gasteiger partial charge in [0.2, 0.25) is 0 Å². The van der Waals surface area contributed by atoms with Gasteiger partial charge in [-0.15, -0.1) is 0 Å². The predicted molar refractivity (Wildman–Crippen MR) is 131 cm³/mol. The van der Waals surface area contributed by atoms with Crippen LogP contribution in [0.2, 0.25) is 0 Å². The van der Waals surface area contributed by atoms with Crippen molar-refractivity contribution in [1.82, 2.24) is 0 Å². The highest BCUT2D eigenvalue weighted by molar-refractivity contribution is 7.64. The third kappa shape index (κ3) is 3.66. The Morgan fingerprint density at radius 3 is 2.00 bits per heavy atom. The fraction of sp³-hybridized carbons (Fsp3) is 0.429. The van der Waals surface area contributed by atoms with E-state index in [4.69, 9.17) is 0 Å². The Balaban J connectivity index is 1.92. The molecule has 3 aromatic rings. The largest absolute Gasteiger partial charge is 0.0657 e. The molecule has 1 heteroatoms. The van der Waals surface area contributed by atoms with E-state index in [0.29, 0.717) is 17.8 Å². The van der Waals surface area contributed by atoms with Gasteiger partial charge in [-0.3, -0.25) is 0 Å². The van der Waals surface area contributed by atoms with Crippen LogP contribution in [0.4, 0.5) is 0 Å². The Morgan fingerprint density at radius 1 is 0.759 bits per heavy atom. The highest BCUT2D eigenvalue weighted by atomic mass is 31.1. The fourth-order valence-corrected chi connectivity index (χ4v) is 8.14. The summed E-state index contributed by atoms with van der Waals surface area (Å²) in [5.74, 6) is 1.71. The molecular formula is C28H35P. The minimum Gasteiger partial charge on any atom is -0.0657 e. The van der Waals surface area contributed by atoms with Crippen molar-refractivity contribution in [3.05, 3.63) is 75.8 Å². The molecule has 1 aliphatic rings. The standard InChI is InChI=1S/C28H35P/c1-17(2)23-13-24(18(3)4)28(25(14-23)19(5)6)29-15-22-10-8-9-21-12-11-20(7)26(16-29)27(21)22/h8-14,17-19H,15-16H2,1-7H3. The summed E-state index contributed by atoms with van der Waals surface area (Å²) in [5, 5.41) is 4.67. The zero-order chi connectivity index (χ0) is 20.9. The number of hydrogen-bond acceptors (Lipinski definition) is 0. The van der Waals surface area contributed by atoms with E-state index in [9.17, 15) is 0 Å². The maximum Gasteiger partial charge on any atom is -0.00207 e. The summed E-state index contributed by atoms with van der Waals surface area (Å²) in [5.41, 5.74) is 9.36. The number of hydrogen-bond donors (Lipinski definition) is 0. The minimum atomic E-state index is -0.234. The van der Waals surface area contributed by atoms with Crippen LogP contribution in [0.1, 0.15) is 92.7 Å². The van der Waals surface area contributed by atoms with E-state index in [1.165, 1.54) is 28.8 Å². The molecule has 0 aromatic heterocycles. The van der Waals surface area contributed by atoms with Crippen LogP contribution in [0.5, 0.6) is 0 Å². The van der Waals surface area contributed by atoms with Crippen molar-refractivity contribution in [3.8, 4) is 0 Å². The topological polar surface area (TPSA) is 0 Å². The lowest BCUT2D eigenvalue weighted by molar-refractivity contribution is 0.813. The SMILES string of the molecule is Cc1ccc2cccc3c2c1CP(c1c(C(C)C)cc(C(C)C)cc1C(C)C)C3. The van der Waals surface area contributed by atoms with Crippen molar-refractivity contribution in [2.24, 2.45) is 0 Å². The normalized spacial score (nSPS) is 16.4. The monoisotopic (exact) mass is 402 g/mol. The summed E-state index contributed by atoms with van der Waals surface area (Å²) >= 11 is 0. The lowest BCUT2D eigenvalue weighted by Crippen LogP contribution is -2.21. The van der Waals surface area contributed by atoms with E-state index in [1.54, 1.807) is 32.9 Å². The number of aryl methyl sites for hydroxylation is 1. The van der Waals surface area contributed by atoms with Crippen LogP contribution in [-0.2, 0) is 12.3 Å². The van der Waals surface area contributed by atoms with Gasteiger partial charge in [0.15, 0.2) is 0 Å². The summed E-state index contributed by atoms with van der Waals surface area (Å²) < 4.78 is 0. The maximum atomic E-state index is 2.53. The lowest BCUT2D eigenvalue weighted by Gasteiger charge is -2.33. The molecule has 0 amide bonds. The first kappa shape index (κ1) is 20.6. The van der Waals surface area contributed by atoms with Crippen molar-refractivity contribution in [2.45, 2.75) is 78.5 Å². The molecule has 0 aliphatic carbocycles. The molecule has 0 N–H and O–H groups in total.